The second kappa shape index (κ2) is 8.05. The van der Waals surface area contributed by atoms with Crippen LogP contribution in [0, 0.1) is 6.92 Å². The van der Waals surface area contributed by atoms with Crippen molar-refractivity contribution in [3.05, 3.63) is 16.1 Å². The van der Waals surface area contributed by atoms with Crippen LogP contribution in [0.3, 0.4) is 0 Å². The summed E-state index contributed by atoms with van der Waals surface area (Å²) in [5, 5.41) is 12.2. The highest BCUT2D eigenvalue weighted by Gasteiger charge is 2.31. The Kier molecular flexibility index (Phi) is 6.38. The first kappa shape index (κ1) is 16.6. The average Bonchev–Trinajstić information content (AvgIpc) is 2.89. The molecule has 1 aliphatic heterocycles. The van der Waals surface area contributed by atoms with E-state index in [1.54, 1.807) is 34.9 Å². The average molecular weight is 346 g/mol. The summed E-state index contributed by atoms with van der Waals surface area (Å²) >= 11 is 4.89. The number of aliphatic carboxylic acids is 1. The van der Waals surface area contributed by atoms with Gasteiger partial charge < -0.3 is 10.0 Å². The SMILES string of the molecule is Cc1nc(CSCCC(=O)N2CCSCC2C(=O)O)cs1. The summed E-state index contributed by atoms with van der Waals surface area (Å²) in [5.74, 6) is 1.86. The molecule has 116 valence electrons. The number of nitrogens with zero attached hydrogens (tertiary/aromatic N) is 2. The first-order chi connectivity index (χ1) is 10.1. The molecule has 2 heterocycles. The van der Waals surface area contributed by atoms with Crippen LogP contribution in [-0.4, -0.2) is 56.7 Å². The quantitative estimate of drug-likeness (QED) is 0.796. The standard InChI is InChI=1S/C13H18N2O3S3/c1-9-14-10(7-21-9)6-19-4-2-12(16)15-3-5-20-8-11(15)13(17)18/h7,11H,2-6,8H2,1H3,(H,17,18). The molecule has 1 N–H and O–H groups in total. The molecule has 2 rings (SSSR count). The number of aromatic nitrogens is 1. The Bertz CT molecular complexity index is 507. The van der Waals surface area contributed by atoms with E-state index in [1.807, 2.05) is 12.3 Å². The van der Waals surface area contributed by atoms with Gasteiger partial charge in [0, 0.05) is 41.4 Å². The topological polar surface area (TPSA) is 70.5 Å². The monoisotopic (exact) mass is 346 g/mol. The van der Waals surface area contributed by atoms with Crippen molar-refractivity contribution in [3.8, 4) is 0 Å². The third-order valence-electron chi connectivity index (χ3n) is 3.11. The Labute approximate surface area is 136 Å². The molecule has 0 bridgehead atoms. The van der Waals surface area contributed by atoms with Crippen LogP contribution in [0.1, 0.15) is 17.1 Å². The number of thioether (sulfide) groups is 2. The van der Waals surface area contributed by atoms with E-state index in [9.17, 15) is 9.59 Å². The minimum absolute atomic E-state index is 0.0512. The Hall–Kier alpha value is -0.730. The van der Waals surface area contributed by atoms with Crippen LogP contribution >= 0.6 is 34.9 Å². The molecule has 0 aromatic carbocycles. The zero-order chi connectivity index (χ0) is 15.2. The molecule has 1 unspecified atom stereocenters. The minimum Gasteiger partial charge on any atom is -0.480 e. The number of carbonyl (C=O) groups is 2. The summed E-state index contributed by atoms with van der Waals surface area (Å²) in [5.41, 5.74) is 1.05. The lowest BCUT2D eigenvalue weighted by Gasteiger charge is -2.32. The van der Waals surface area contributed by atoms with Gasteiger partial charge in [-0.1, -0.05) is 0 Å². The number of carboxylic acid groups (broad SMARTS) is 1. The third-order valence-corrected chi connectivity index (χ3v) is 5.95. The van der Waals surface area contributed by atoms with Crippen LogP contribution in [0.5, 0.6) is 0 Å². The molecule has 1 aliphatic rings. The van der Waals surface area contributed by atoms with E-state index in [1.165, 1.54) is 4.90 Å². The Morgan fingerprint density at radius 2 is 2.38 bits per heavy atom. The summed E-state index contributed by atoms with van der Waals surface area (Å²) in [6, 6.07) is -0.664. The van der Waals surface area contributed by atoms with Crippen molar-refractivity contribution in [2.75, 3.05) is 23.8 Å². The highest BCUT2D eigenvalue weighted by Crippen LogP contribution is 2.20. The van der Waals surface area contributed by atoms with E-state index >= 15 is 0 Å². The number of carbonyl (C=O) groups excluding carboxylic acids is 1. The number of hydrogen-bond donors (Lipinski definition) is 1. The van der Waals surface area contributed by atoms with E-state index in [0.717, 1.165) is 22.2 Å². The van der Waals surface area contributed by atoms with Crippen LogP contribution in [-0.2, 0) is 15.3 Å². The first-order valence-corrected chi connectivity index (χ1v) is 9.85. The molecule has 1 saturated heterocycles. The number of rotatable bonds is 6. The van der Waals surface area contributed by atoms with Gasteiger partial charge in [0.05, 0.1) is 10.7 Å². The van der Waals surface area contributed by atoms with Gasteiger partial charge in [0.2, 0.25) is 5.91 Å². The van der Waals surface area contributed by atoms with Gasteiger partial charge in [0.1, 0.15) is 6.04 Å². The van der Waals surface area contributed by atoms with Crippen LogP contribution < -0.4 is 0 Å². The molecular weight excluding hydrogens is 328 g/mol. The van der Waals surface area contributed by atoms with Gasteiger partial charge in [0.15, 0.2) is 0 Å². The Balaban J connectivity index is 1.74. The molecular formula is C13H18N2O3S3. The second-order valence-corrected chi connectivity index (χ2v) is 7.99. The first-order valence-electron chi connectivity index (χ1n) is 6.66. The van der Waals surface area contributed by atoms with Gasteiger partial charge in [0.25, 0.3) is 0 Å². The molecule has 8 heteroatoms. The fraction of sp³-hybridized carbons (Fsp3) is 0.615. The lowest BCUT2D eigenvalue weighted by atomic mass is 10.2. The molecule has 0 saturated carbocycles. The van der Waals surface area contributed by atoms with E-state index in [2.05, 4.69) is 4.98 Å². The summed E-state index contributed by atoms with van der Waals surface area (Å²) < 4.78 is 0. The molecule has 0 spiro atoms. The van der Waals surface area contributed by atoms with Gasteiger partial charge in [-0.3, -0.25) is 4.79 Å². The molecule has 0 radical (unpaired) electrons. The van der Waals surface area contributed by atoms with Crippen molar-refractivity contribution >= 4 is 46.7 Å². The van der Waals surface area contributed by atoms with Crippen molar-refractivity contribution in [3.63, 3.8) is 0 Å². The molecule has 0 aliphatic carbocycles. The summed E-state index contributed by atoms with van der Waals surface area (Å²) in [4.78, 5) is 29.2. The predicted octanol–water partition coefficient (Wildman–Crippen LogP) is 2.10. The van der Waals surface area contributed by atoms with Gasteiger partial charge in [-0.25, -0.2) is 9.78 Å². The Morgan fingerprint density at radius 1 is 1.57 bits per heavy atom. The van der Waals surface area contributed by atoms with E-state index < -0.39 is 12.0 Å². The van der Waals surface area contributed by atoms with E-state index in [-0.39, 0.29) is 5.91 Å². The highest BCUT2D eigenvalue weighted by atomic mass is 32.2. The van der Waals surface area contributed by atoms with Crippen molar-refractivity contribution in [2.24, 2.45) is 0 Å². The molecule has 1 fully saturated rings. The summed E-state index contributed by atoms with van der Waals surface area (Å²) in [7, 11) is 0. The fourth-order valence-corrected chi connectivity index (χ4v) is 4.64. The van der Waals surface area contributed by atoms with Gasteiger partial charge >= 0.3 is 5.97 Å². The van der Waals surface area contributed by atoms with Gasteiger partial charge in [-0.15, -0.1) is 11.3 Å². The summed E-state index contributed by atoms with van der Waals surface area (Å²) in [6.07, 6.45) is 0.391. The predicted molar refractivity (Wildman–Crippen MR) is 88.1 cm³/mol. The second-order valence-electron chi connectivity index (χ2n) is 4.68. The fourth-order valence-electron chi connectivity index (χ4n) is 2.06. The minimum atomic E-state index is -0.902. The zero-order valence-electron chi connectivity index (χ0n) is 11.8. The lowest BCUT2D eigenvalue weighted by Crippen LogP contribution is -2.50. The van der Waals surface area contributed by atoms with Gasteiger partial charge in [-0.2, -0.15) is 23.5 Å². The number of thiazole rings is 1. The summed E-state index contributed by atoms with van der Waals surface area (Å²) in [6.45, 7) is 2.51. The van der Waals surface area contributed by atoms with Crippen LogP contribution in [0.25, 0.3) is 0 Å². The maximum absolute atomic E-state index is 12.2. The van der Waals surface area contributed by atoms with Crippen molar-refractivity contribution in [1.82, 2.24) is 9.88 Å². The molecule has 1 amide bonds. The van der Waals surface area contributed by atoms with Crippen LogP contribution in [0.15, 0.2) is 5.38 Å². The Morgan fingerprint density at radius 3 is 3.05 bits per heavy atom. The van der Waals surface area contributed by atoms with Crippen LogP contribution in [0.4, 0.5) is 0 Å². The van der Waals surface area contributed by atoms with E-state index in [4.69, 9.17) is 5.11 Å². The van der Waals surface area contributed by atoms with Crippen molar-refractivity contribution in [2.45, 2.75) is 25.1 Å². The molecule has 1 atom stereocenters. The molecule has 1 aromatic heterocycles. The number of amides is 1. The molecule has 5 nitrogen and oxygen atoms in total. The zero-order valence-corrected chi connectivity index (χ0v) is 14.2. The lowest BCUT2D eigenvalue weighted by molar-refractivity contribution is -0.149. The largest absolute Gasteiger partial charge is 0.480 e. The smallest absolute Gasteiger partial charge is 0.327 e. The van der Waals surface area contributed by atoms with Crippen molar-refractivity contribution < 1.29 is 14.7 Å². The number of hydrogen-bond acceptors (Lipinski definition) is 6. The van der Waals surface area contributed by atoms with Gasteiger partial charge in [-0.05, 0) is 6.92 Å². The highest BCUT2D eigenvalue weighted by molar-refractivity contribution is 7.99. The molecule has 21 heavy (non-hydrogen) atoms. The number of aryl methyl sites for hydroxylation is 1. The molecule has 1 aromatic rings. The maximum atomic E-state index is 12.2. The van der Waals surface area contributed by atoms with Crippen LogP contribution in [0.2, 0.25) is 0 Å². The third kappa shape index (κ3) is 4.89. The van der Waals surface area contributed by atoms with E-state index in [0.29, 0.717) is 24.5 Å². The maximum Gasteiger partial charge on any atom is 0.327 e. The van der Waals surface area contributed by atoms with Crippen molar-refractivity contribution in [1.29, 1.82) is 0 Å². The normalized spacial score (nSPS) is 18.7. The number of carboxylic acids is 1.